The number of benzene rings is 1. The number of hydrogen-bond acceptors (Lipinski definition) is 4. The number of rotatable bonds is 3. The van der Waals surface area contributed by atoms with Gasteiger partial charge in [-0.1, -0.05) is 0 Å². The topological polar surface area (TPSA) is 61.4 Å². The molecule has 0 aliphatic carbocycles. The van der Waals surface area contributed by atoms with E-state index < -0.39 is 11.9 Å². The van der Waals surface area contributed by atoms with Crippen molar-refractivity contribution < 1.29 is 9.59 Å². The molecular weight excluding hydrogens is 238 g/mol. The predicted molar refractivity (Wildman–Crippen MR) is 71.8 cm³/mol. The lowest BCUT2D eigenvalue weighted by Crippen LogP contribution is -2.35. The number of urea groups is 1. The van der Waals surface area contributed by atoms with Gasteiger partial charge in [-0.15, -0.1) is 0 Å². The highest BCUT2D eigenvalue weighted by atomic mass is 32.1. The van der Waals surface area contributed by atoms with E-state index in [1.807, 2.05) is 31.1 Å². The molecule has 0 spiro atoms. The normalized spacial score (nSPS) is 9.59. The number of nitrogens with one attached hydrogen (secondary N) is 2. The molecule has 1 aromatic rings. The van der Waals surface area contributed by atoms with Crippen molar-refractivity contribution in [1.82, 2.24) is 5.32 Å². The van der Waals surface area contributed by atoms with E-state index in [9.17, 15) is 9.59 Å². The Labute approximate surface area is 106 Å². The average Bonchev–Trinajstić information content (AvgIpc) is 2.29. The molecule has 1 rings (SSSR count). The molecule has 0 saturated carbocycles. The van der Waals surface area contributed by atoms with Crippen LogP contribution >= 0.6 is 12.6 Å². The number of carbonyl (C=O) groups excluding carboxylic acids is 2. The molecule has 0 bridgehead atoms. The van der Waals surface area contributed by atoms with Crippen LogP contribution in [0.25, 0.3) is 0 Å². The van der Waals surface area contributed by atoms with Crippen molar-refractivity contribution in [3.63, 3.8) is 0 Å². The van der Waals surface area contributed by atoms with E-state index >= 15 is 0 Å². The second-order valence-corrected chi connectivity index (χ2v) is 3.92. The number of nitrogens with zero attached hydrogens (tertiary/aromatic N) is 1. The van der Waals surface area contributed by atoms with Crippen molar-refractivity contribution in [3.8, 4) is 0 Å². The van der Waals surface area contributed by atoms with E-state index in [0.717, 1.165) is 5.69 Å². The van der Waals surface area contributed by atoms with Crippen LogP contribution in [0.3, 0.4) is 0 Å². The summed E-state index contributed by atoms with van der Waals surface area (Å²) in [4.78, 5) is 24.2. The third kappa shape index (κ3) is 4.36. The van der Waals surface area contributed by atoms with Crippen molar-refractivity contribution in [2.75, 3.05) is 30.1 Å². The van der Waals surface area contributed by atoms with E-state index in [1.54, 1.807) is 12.1 Å². The van der Waals surface area contributed by atoms with Gasteiger partial charge in [0.15, 0.2) is 0 Å². The third-order valence-corrected chi connectivity index (χ3v) is 2.33. The first-order valence-corrected chi connectivity index (χ1v) is 5.65. The lowest BCUT2D eigenvalue weighted by atomic mass is 10.2. The summed E-state index contributed by atoms with van der Waals surface area (Å²) in [7, 11) is 3.86. The molecule has 6 heteroatoms. The SMILES string of the molecule is CN(C)c1ccc(NC(=O)NC(=O)CS)cc1. The summed E-state index contributed by atoms with van der Waals surface area (Å²) in [5.74, 6) is -0.455. The minimum absolute atomic E-state index is 0.0208. The molecule has 2 N–H and O–H groups in total. The summed E-state index contributed by atoms with van der Waals surface area (Å²) in [6.45, 7) is 0. The van der Waals surface area contributed by atoms with Crippen LogP contribution in [-0.2, 0) is 4.79 Å². The first kappa shape index (κ1) is 13.4. The van der Waals surface area contributed by atoms with Gasteiger partial charge in [0, 0.05) is 25.5 Å². The van der Waals surface area contributed by atoms with Crippen molar-refractivity contribution in [2.24, 2.45) is 0 Å². The molecule has 0 unspecified atom stereocenters. The minimum atomic E-state index is -0.554. The molecule has 5 nitrogen and oxygen atoms in total. The molecular formula is C11H15N3O2S. The Balaban J connectivity index is 2.57. The molecule has 17 heavy (non-hydrogen) atoms. The number of anilines is 2. The van der Waals surface area contributed by atoms with Crippen LogP contribution < -0.4 is 15.5 Å². The molecule has 92 valence electrons. The van der Waals surface area contributed by atoms with Crippen LogP contribution in [0.15, 0.2) is 24.3 Å². The summed E-state index contributed by atoms with van der Waals surface area (Å²) in [6, 6.07) is 6.72. The Morgan fingerprint density at radius 2 is 1.82 bits per heavy atom. The zero-order valence-corrected chi connectivity index (χ0v) is 10.6. The quantitative estimate of drug-likeness (QED) is 0.712. The van der Waals surface area contributed by atoms with Gasteiger partial charge in [0.1, 0.15) is 0 Å². The number of imide groups is 1. The Morgan fingerprint density at radius 3 is 2.29 bits per heavy atom. The van der Waals surface area contributed by atoms with E-state index in [0.29, 0.717) is 5.69 Å². The second-order valence-electron chi connectivity index (χ2n) is 3.60. The minimum Gasteiger partial charge on any atom is -0.378 e. The van der Waals surface area contributed by atoms with Gasteiger partial charge in [-0.25, -0.2) is 4.79 Å². The van der Waals surface area contributed by atoms with Crippen LogP contribution in [0.4, 0.5) is 16.2 Å². The smallest absolute Gasteiger partial charge is 0.325 e. The van der Waals surface area contributed by atoms with Gasteiger partial charge in [0.05, 0.1) is 5.75 Å². The summed E-state index contributed by atoms with van der Waals surface area (Å²) in [5, 5.41) is 4.69. The Bertz CT molecular complexity index is 404. The highest BCUT2D eigenvalue weighted by Crippen LogP contribution is 2.15. The van der Waals surface area contributed by atoms with Gasteiger partial charge >= 0.3 is 6.03 Å². The number of hydrogen-bond donors (Lipinski definition) is 3. The fourth-order valence-electron chi connectivity index (χ4n) is 1.17. The maximum atomic E-state index is 11.3. The summed E-state index contributed by atoms with van der Waals surface area (Å²) in [6.07, 6.45) is 0. The third-order valence-electron chi connectivity index (χ3n) is 2.04. The molecule has 0 aliphatic heterocycles. The van der Waals surface area contributed by atoms with Crippen LogP contribution in [0, 0.1) is 0 Å². The molecule has 0 atom stereocenters. The maximum Gasteiger partial charge on any atom is 0.325 e. The summed E-state index contributed by atoms with van der Waals surface area (Å²) < 4.78 is 0. The Hall–Kier alpha value is -1.69. The van der Waals surface area contributed by atoms with E-state index in [-0.39, 0.29) is 5.75 Å². The lowest BCUT2D eigenvalue weighted by Gasteiger charge is -2.13. The molecule has 0 radical (unpaired) electrons. The molecule has 0 heterocycles. The van der Waals surface area contributed by atoms with E-state index in [1.165, 1.54) is 0 Å². The van der Waals surface area contributed by atoms with Crippen molar-refractivity contribution in [1.29, 1.82) is 0 Å². The van der Waals surface area contributed by atoms with Gasteiger partial charge in [0.25, 0.3) is 0 Å². The van der Waals surface area contributed by atoms with Gasteiger partial charge in [-0.2, -0.15) is 12.6 Å². The molecule has 1 aromatic carbocycles. The Morgan fingerprint density at radius 1 is 1.24 bits per heavy atom. The van der Waals surface area contributed by atoms with Crippen molar-refractivity contribution in [3.05, 3.63) is 24.3 Å². The zero-order valence-electron chi connectivity index (χ0n) is 9.73. The summed E-state index contributed by atoms with van der Waals surface area (Å²) in [5.41, 5.74) is 1.66. The van der Waals surface area contributed by atoms with Gasteiger partial charge in [-0.3, -0.25) is 10.1 Å². The Kier molecular flexibility index (Phi) is 4.84. The summed E-state index contributed by atoms with van der Waals surface area (Å²) >= 11 is 3.75. The first-order valence-electron chi connectivity index (χ1n) is 5.02. The monoisotopic (exact) mass is 253 g/mol. The largest absolute Gasteiger partial charge is 0.378 e. The lowest BCUT2D eigenvalue weighted by molar-refractivity contribution is -0.117. The van der Waals surface area contributed by atoms with Crippen LogP contribution in [-0.4, -0.2) is 31.8 Å². The van der Waals surface area contributed by atoms with Crippen molar-refractivity contribution >= 4 is 35.9 Å². The molecule has 0 saturated heterocycles. The van der Waals surface area contributed by atoms with Gasteiger partial charge in [0.2, 0.25) is 5.91 Å². The molecule has 0 aromatic heterocycles. The fourth-order valence-corrected chi connectivity index (χ4v) is 1.25. The van der Waals surface area contributed by atoms with Gasteiger partial charge < -0.3 is 10.2 Å². The van der Waals surface area contributed by atoms with E-state index in [2.05, 4.69) is 23.3 Å². The number of carbonyl (C=O) groups is 2. The number of thiol groups is 1. The van der Waals surface area contributed by atoms with Crippen molar-refractivity contribution in [2.45, 2.75) is 0 Å². The first-order chi connectivity index (χ1) is 8.02. The van der Waals surface area contributed by atoms with E-state index in [4.69, 9.17) is 0 Å². The highest BCUT2D eigenvalue weighted by Gasteiger charge is 2.05. The molecule has 0 fully saturated rings. The van der Waals surface area contributed by atoms with Crippen LogP contribution in [0.1, 0.15) is 0 Å². The molecule has 3 amide bonds. The second kappa shape index (κ2) is 6.15. The predicted octanol–water partition coefficient (Wildman–Crippen LogP) is 1.33. The molecule has 0 aliphatic rings. The average molecular weight is 253 g/mol. The number of amides is 3. The highest BCUT2D eigenvalue weighted by molar-refractivity contribution is 7.81. The van der Waals surface area contributed by atoms with Gasteiger partial charge in [-0.05, 0) is 24.3 Å². The fraction of sp³-hybridized carbons (Fsp3) is 0.273. The zero-order chi connectivity index (χ0) is 12.8. The van der Waals surface area contributed by atoms with Crippen LogP contribution in [0.5, 0.6) is 0 Å². The van der Waals surface area contributed by atoms with Crippen LogP contribution in [0.2, 0.25) is 0 Å². The maximum absolute atomic E-state index is 11.3. The standard InChI is InChI=1S/C11H15N3O2S/c1-14(2)9-5-3-8(4-6-9)12-11(16)13-10(15)7-17/h3-6,17H,7H2,1-2H3,(H2,12,13,15,16).